The van der Waals surface area contributed by atoms with Crippen LogP contribution in [0.15, 0.2) is 18.5 Å². The van der Waals surface area contributed by atoms with Gasteiger partial charge in [0, 0.05) is 76.8 Å². The molecule has 2 N–H and O–H groups in total. The Morgan fingerprint density at radius 2 is 1.91 bits per heavy atom. The van der Waals surface area contributed by atoms with E-state index < -0.39 is 10.0 Å². The number of anilines is 2. The van der Waals surface area contributed by atoms with Crippen molar-refractivity contribution in [3.8, 4) is 11.3 Å². The van der Waals surface area contributed by atoms with Crippen LogP contribution in [0.25, 0.3) is 16.9 Å². The number of fused-ring (bicyclic) bond motifs is 1. The molecule has 2 fully saturated rings. The van der Waals surface area contributed by atoms with Crippen molar-refractivity contribution in [1.29, 1.82) is 0 Å². The third-order valence-corrected chi connectivity index (χ3v) is 7.93. The summed E-state index contributed by atoms with van der Waals surface area (Å²) in [6.07, 6.45) is 6.23. The Bertz CT molecular complexity index is 1230. The molecule has 13 nitrogen and oxygen atoms in total. The minimum absolute atomic E-state index is 0.111. The number of hydrogen-bond donors (Lipinski definition) is 2. The topological polar surface area (TPSA) is 137 Å². The standard InChI is InChI=1S/C21H32N10O3S/c1-34-12-11-28-7-9-29(10-8-28)21-25-18(16-14-22-23-15-16)13-19-26-20(27-31(19)21)24-17-3-5-30(6-4-17)35(2,32)33/h13-15,17H,3-12H2,1-2H3,(H,22,23)(H,24,27). The molecule has 3 aromatic rings. The van der Waals surface area contributed by atoms with E-state index in [9.17, 15) is 8.42 Å². The molecule has 0 unspecified atom stereocenters. The Morgan fingerprint density at radius 3 is 2.57 bits per heavy atom. The lowest BCUT2D eigenvalue weighted by atomic mass is 10.1. The van der Waals surface area contributed by atoms with E-state index in [-0.39, 0.29) is 6.04 Å². The van der Waals surface area contributed by atoms with Gasteiger partial charge in [0.05, 0.1) is 24.8 Å². The van der Waals surface area contributed by atoms with Gasteiger partial charge in [-0.15, -0.1) is 5.10 Å². The highest BCUT2D eigenvalue weighted by Gasteiger charge is 2.27. The molecular formula is C21H32N10O3S. The zero-order valence-corrected chi connectivity index (χ0v) is 20.9. The highest BCUT2D eigenvalue weighted by molar-refractivity contribution is 7.88. The number of piperidine rings is 1. The molecule has 0 amide bonds. The first-order valence-electron chi connectivity index (χ1n) is 11.9. The molecule has 5 rings (SSSR count). The lowest BCUT2D eigenvalue weighted by Crippen LogP contribution is -2.48. The van der Waals surface area contributed by atoms with E-state index in [1.807, 2.05) is 12.3 Å². The molecule has 5 heterocycles. The van der Waals surface area contributed by atoms with Gasteiger partial charge in [0.2, 0.25) is 21.9 Å². The average molecular weight is 505 g/mol. The predicted molar refractivity (Wildman–Crippen MR) is 132 cm³/mol. The molecule has 0 bridgehead atoms. The lowest BCUT2D eigenvalue weighted by molar-refractivity contribution is 0.143. The van der Waals surface area contributed by atoms with Crippen molar-refractivity contribution in [2.45, 2.75) is 18.9 Å². The van der Waals surface area contributed by atoms with Crippen LogP contribution in [-0.4, -0.2) is 119 Å². The van der Waals surface area contributed by atoms with Crippen LogP contribution in [0.1, 0.15) is 12.8 Å². The number of ether oxygens (including phenoxy) is 1. The second kappa shape index (κ2) is 10.0. The monoisotopic (exact) mass is 504 g/mol. The van der Waals surface area contributed by atoms with Crippen LogP contribution >= 0.6 is 0 Å². The molecule has 0 atom stereocenters. The van der Waals surface area contributed by atoms with Crippen molar-refractivity contribution in [1.82, 2.24) is 39.0 Å². The van der Waals surface area contributed by atoms with Crippen molar-refractivity contribution < 1.29 is 13.2 Å². The number of hydrogen-bond acceptors (Lipinski definition) is 10. The molecule has 0 aliphatic carbocycles. The summed E-state index contributed by atoms with van der Waals surface area (Å²) in [5.74, 6) is 1.27. The van der Waals surface area contributed by atoms with Gasteiger partial charge in [-0.05, 0) is 12.8 Å². The zero-order chi connectivity index (χ0) is 24.4. The van der Waals surface area contributed by atoms with E-state index in [0.29, 0.717) is 37.5 Å². The number of rotatable bonds is 8. The molecule has 0 saturated carbocycles. The van der Waals surface area contributed by atoms with Crippen LogP contribution in [0.4, 0.5) is 11.9 Å². The Morgan fingerprint density at radius 1 is 1.14 bits per heavy atom. The molecule has 0 aromatic carbocycles. The molecule has 2 aliphatic heterocycles. The summed E-state index contributed by atoms with van der Waals surface area (Å²) in [6.45, 7) is 6.11. The SMILES string of the molecule is COCCN1CCN(c2nc(-c3cn[nH]c3)cc3nc(NC4CCN(S(C)(=O)=O)CC4)nn23)CC1. The van der Waals surface area contributed by atoms with Gasteiger partial charge in [-0.1, -0.05) is 0 Å². The summed E-state index contributed by atoms with van der Waals surface area (Å²) in [5, 5.41) is 15.1. The van der Waals surface area contributed by atoms with E-state index in [0.717, 1.165) is 56.5 Å². The summed E-state index contributed by atoms with van der Waals surface area (Å²) in [4.78, 5) is 14.3. The normalized spacial score (nSPS) is 19.0. The molecule has 190 valence electrons. The Kier molecular flexibility index (Phi) is 6.86. The second-order valence-corrected chi connectivity index (χ2v) is 11.0. The largest absolute Gasteiger partial charge is 0.383 e. The van der Waals surface area contributed by atoms with Gasteiger partial charge in [0.25, 0.3) is 0 Å². The van der Waals surface area contributed by atoms with Crippen LogP contribution < -0.4 is 10.2 Å². The van der Waals surface area contributed by atoms with E-state index in [1.165, 1.54) is 10.6 Å². The molecule has 2 aliphatic rings. The summed E-state index contributed by atoms with van der Waals surface area (Å²) < 4.78 is 32.2. The van der Waals surface area contributed by atoms with Crippen LogP contribution in [0.5, 0.6) is 0 Å². The van der Waals surface area contributed by atoms with Gasteiger partial charge in [-0.3, -0.25) is 10.00 Å². The Hall–Kier alpha value is -2.81. The summed E-state index contributed by atoms with van der Waals surface area (Å²) >= 11 is 0. The molecule has 0 spiro atoms. The first-order chi connectivity index (χ1) is 16.9. The number of nitrogens with zero attached hydrogens (tertiary/aromatic N) is 8. The number of H-pyrrole nitrogens is 1. The van der Waals surface area contributed by atoms with Crippen molar-refractivity contribution in [3.63, 3.8) is 0 Å². The summed E-state index contributed by atoms with van der Waals surface area (Å²) in [6, 6.07) is 2.02. The van der Waals surface area contributed by atoms with Gasteiger partial charge < -0.3 is 15.0 Å². The first kappa shape index (κ1) is 23.9. The molecule has 2 saturated heterocycles. The van der Waals surface area contributed by atoms with Gasteiger partial charge >= 0.3 is 0 Å². The molecule has 35 heavy (non-hydrogen) atoms. The fourth-order valence-corrected chi connectivity index (χ4v) is 5.46. The number of aromatic nitrogens is 6. The molecular weight excluding hydrogens is 472 g/mol. The number of sulfonamides is 1. The molecule has 0 radical (unpaired) electrons. The van der Waals surface area contributed by atoms with E-state index in [1.54, 1.807) is 17.8 Å². The molecule has 3 aromatic heterocycles. The zero-order valence-electron chi connectivity index (χ0n) is 20.1. The minimum atomic E-state index is -3.16. The summed E-state index contributed by atoms with van der Waals surface area (Å²) in [7, 11) is -1.43. The number of nitrogens with one attached hydrogen (secondary N) is 2. The maximum atomic E-state index is 11.8. The van der Waals surface area contributed by atoms with E-state index in [2.05, 4.69) is 25.3 Å². The minimum Gasteiger partial charge on any atom is -0.383 e. The average Bonchev–Trinajstić information content (AvgIpc) is 3.52. The van der Waals surface area contributed by atoms with E-state index >= 15 is 0 Å². The van der Waals surface area contributed by atoms with Gasteiger partial charge in [-0.25, -0.2) is 17.7 Å². The van der Waals surface area contributed by atoms with Gasteiger partial charge in [0.1, 0.15) is 0 Å². The Labute approximate surface area is 204 Å². The first-order valence-corrected chi connectivity index (χ1v) is 13.7. The maximum Gasteiger partial charge on any atom is 0.243 e. The van der Waals surface area contributed by atoms with Crippen molar-refractivity contribution in [2.75, 3.05) is 76.0 Å². The van der Waals surface area contributed by atoms with Crippen molar-refractivity contribution in [3.05, 3.63) is 18.5 Å². The number of methoxy groups -OCH3 is 1. The second-order valence-electron chi connectivity index (χ2n) is 9.04. The van der Waals surface area contributed by atoms with Crippen molar-refractivity contribution >= 4 is 27.6 Å². The van der Waals surface area contributed by atoms with Gasteiger partial charge in [0.15, 0.2) is 5.65 Å². The number of aromatic amines is 1. The predicted octanol–water partition coefficient (Wildman–Crippen LogP) is 0.119. The fraction of sp³-hybridized carbons (Fsp3) is 0.619. The fourth-order valence-electron chi connectivity index (χ4n) is 4.59. The van der Waals surface area contributed by atoms with Crippen molar-refractivity contribution in [2.24, 2.45) is 0 Å². The third kappa shape index (κ3) is 5.39. The summed E-state index contributed by atoms with van der Waals surface area (Å²) in [5.41, 5.74) is 2.37. The number of piperazine rings is 1. The van der Waals surface area contributed by atoms with Crippen LogP contribution in [-0.2, 0) is 14.8 Å². The van der Waals surface area contributed by atoms with E-state index in [4.69, 9.17) is 19.8 Å². The Balaban J connectivity index is 1.38. The quantitative estimate of drug-likeness (QED) is 0.435. The van der Waals surface area contributed by atoms with Gasteiger partial charge in [-0.2, -0.15) is 14.6 Å². The van der Waals surface area contributed by atoms with Crippen LogP contribution in [0, 0.1) is 0 Å². The highest BCUT2D eigenvalue weighted by Crippen LogP contribution is 2.25. The maximum absolute atomic E-state index is 11.8. The van der Waals surface area contributed by atoms with Crippen LogP contribution in [0.2, 0.25) is 0 Å². The third-order valence-electron chi connectivity index (χ3n) is 6.62. The molecule has 14 heteroatoms. The highest BCUT2D eigenvalue weighted by atomic mass is 32.2. The smallest absolute Gasteiger partial charge is 0.243 e. The lowest BCUT2D eigenvalue weighted by Gasteiger charge is -2.35. The van der Waals surface area contributed by atoms with Crippen LogP contribution in [0.3, 0.4) is 0 Å².